The number of hydrogen-bond donors (Lipinski definition) is 0. The average Bonchev–Trinajstić information content (AvgIpc) is 3.32. The van der Waals surface area contributed by atoms with Crippen LogP contribution in [0, 0.1) is 0 Å². The van der Waals surface area contributed by atoms with E-state index in [1.54, 1.807) is 24.3 Å². The Morgan fingerprint density at radius 3 is 1.54 bits per heavy atom. The van der Waals surface area contributed by atoms with Gasteiger partial charge in [-0.1, -0.05) is 12.1 Å². The van der Waals surface area contributed by atoms with E-state index < -0.39 is 24.2 Å². The fraction of sp³-hybridized carbons (Fsp3) is 0.775. The van der Waals surface area contributed by atoms with Gasteiger partial charge in [0.05, 0.1) is 55.0 Å². The maximum atomic E-state index is 14.5. The molecule has 1 fully saturated rings. The number of fused-ring (bicyclic) bond motifs is 1. The molecule has 0 aliphatic carbocycles. The molecular formula is C40H70N5O10P. The molecule has 0 N–H and O–H groups in total. The fourth-order valence-corrected chi connectivity index (χ4v) is 8.62. The van der Waals surface area contributed by atoms with Gasteiger partial charge >= 0.3 is 5.97 Å². The summed E-state index contributed by atoms with van der Waals surface area (Å²) in [6.07, 6.45) is 0.751. The zero-order valence-corrected chi connectivity index (χ0v) is 36.7. The lowest BCUT2D eigenvalue weighted by atomic mass is 10.1. The van der Waals surface area contributed by atoms with Crippen molar-refractivity contribution in [3.63, 3.8) is 0 Å². The van der Waals surface area contributed by atoms with Crippen LogP contribution >= 0.6 is 7.37 Å². The van der Waals surface area contributed by atoms with Crippen LogP contribution in [0.4, 0.5) is 0 Å². The highest BCUT2D eigenvalue weighted by atomic mass is 31.2. The van der Waals surface area contributed by atoms with Crippen LogP contribution in [0.5, 0.6) is 0 Å². The van der Waals surface area contributed by atoms with Crippen molar-refractivity contribution in [2.75, 3.05) is 111 Å². The minimum Gasteiger partial charge on any atom is -0.459 e. The number of rotatable bonds is 18. The molecule has 56 heavy (non-hydrogen) atoms. The molecule has 2 aliphatic heterocycles. The maximum absolute atomic E-state index is 14.5. The van der Waals surface area contributed by atoms with E-state index >= 15 is 0 Å². The maximum Gasteiger partial charge on any atom is 0.320 e. The first-order valence-electron chi connectivity index (χ1n) is 20.1. The second-order valence-corrected chi connectivity index (χ2v) is 20.1. The first kappa shape index (κ1) is 48.1. The average molecular weight is 812 g/mol. The second-order valence-electron chi connectivity index (χ2n) is 17.5. The second kappa shape index (κ2) is 22.2. The third-order valence-electron chi connectivity index (χ3n) is 8.84. The smallest absolute Gasteiger partial charge is 0.320 e. The van der Waals surface area contributed by atoms with E-state index in [2.05, 4.69) is 19.6 Å². The fourth-order valence-electron chi connectivity index (χ4n) is 6.28. The molecule has 16 heteroatoms. The van der Waals surface area contributed by atoms with Crippen molar-refractivity contribution in [1.29, 1.82) is 0 Å². The summed E-state index contributed by atoms with van der Waals surface area (Å²) in [5.74, 6) is -0.959. The van der Waals surface area contributed by atoms with E-state index in [4.69, 9.17) is 28.8 Å². The Morgan fingerprint density at radius 1 is 0.661 bits per heavy atom. The summed E-state index contributed by atoms with van der Waals surface area (Å²) >= 11 is 0. The quantitative estimate of drug-likeness (QED) is 0.0491. The van der Waals surface area contributed by atoms with E-state index in [0.29, 0.717) is 83.1 Å². The number of hydrogen-bond acceptors (Lipinski definition) is 14. The molecule has 320 valence electrons. The minimum atomic E-state index is -3.24. The van der Waals surface area contributed by atoms with Crippen molar-refractivity contribution >= 4 is 25.2 Å². The summed E-state index contributed by atoms with van der Waals surface area (Å²) < 4.78 is 26.2. The number of nitrogens with zero attached hydrogens (tertiary/aromatic N) is 5. The van der Waals surface area contributed by atoms with Crippen LogP contribution in [0.1, 0.15) is 96.4 Å². The molecular weight excluding hydrogens is 741 g/mol. The number of benzene rings is 1. The lowest BCUT2D eigenvalue weighted by Crippen LogP contribution is -2.48. The Kier molecular flexibility index (Phi) is 19.0. The SMILES string of the molecule is CCOP(=O)(CCCN1C(=O)c2ccccc2C1=O)CN1CCN(CCOOC(C)(C)C)CCN(CCOOC(C)(C)C)CCN(CC(=O)OC(C)(C)C)CC1. The van der Waals surface area contributed by atoms with E-state index in [1.807, 2.05) is 69.2 Å². The van der Waals surface area contributed by atoms with E-state index in [9.17, 15) is 18.9 Å². The summed E-state index contributed by atoms with van der Waals surface area (Å²) in [6, 6.07) is 6.80. The topological polar surface area (TPSA) is 140 Å². The third-order valence-corrected chi connectivity index (χ3v) is 11.4. The predicted molar refractivity (Wildman–Crippen MR) is 216 cm³/mol. The Morgan fingerprint density at radius 2 is 1.11 bits per heavy atom. The van der Waals surface area contributed by atoms with Gasteiger partial charge in [-0.2, -0.15) is 0 Å². The van der Waals surface area contributed by atoms with Crippen LogP contribution in [0.3, 0.4) is 0 Å². The van der Waals surface area contributed by atoms with Crippen molar-refractivity contribution in [3.8, 4) is 0 Å². The molecule has 1 aromatic carbocycles. The zero-order valence-electron chi connectivity index (χ0n) is 35.8. The lowest BCUT2D eigenvalue weighted by molar-refractivity contribution is -0.349. The molecule has 0 saturated carbocycles. The van der Waals surface area contributed by atoms with Gasteiger partial charge in [0.15, 0.2) is 0 Å². The molecule has 1 atom stereocenters. The van der Waals surface area contributed by atoms with Gasteiger partial charge in [0, 0.05) is 78.2 Å². The van der Waals surface area contributed by atoms with Crippen molar-refractivity contribution in [2.24, 2.45) is 0 Å². The van der Waals surface area contributed by atoms with Crippen LogP contribution in [0.2, 0.25) is 0 Å². The van der Waals surface area contributed by atoms with Crippen LogP contribution in [-0.2, 0) is 38.2 Å². The van der Waals surface area contributed by atoms with Gasteiger partial charge in [-0.15, -0.1) is 0 Å². The Hall–Kier alpha value is -2.30. The molecule has 0 spiro atoms. The summed E-state index contributed by atoms with van der Waals surface area (Å²) in [5, 5.41) is 0. The minimum absolute atomic E-state index is 0.114. The van der Waals surface area contributed by atoms with Crippen LogP contribution in [0.15, 0.2) is 24.3 Å². The van der Waals surface area contributed by atoms with Crippen LogP contribution < -0.4 is 0 Å². The van der Waals surface area contributed by atoms with E-state index in [-0.39, 0.29) is 49.9 Å². The van der Waals surface area contributed by atoms with Crippen molar-refractivity contribution < 1.29 is 47.8 Å². The number of carbonyl (C=O) groups is 3. The number of ether oxygens (including phenoxy) is 1. The molecule has 3 rings (SSSR count). The molecule has 2 aliphatic rings. The Balaban J connectivity index is 1.77. The summed E-state index contributed by atoms with van der Waals surface area (Å²) in [4.78, 5) is 71.4. The van der Waals surface area contributed by atoms with Gasteiger partial charge < -0.3 is 9.26 Å². The van der Waals surface area contributed by atoms with Crippen molar-refractivity contribution in [3.05, 3.63) is 35.4 Å². The molecule has 1 unspecified atom stereocenters. The monoisotopic (exact) mass is 811 g/mol. The normalized spacial score (nSPS) is 19.1. The summed E-state index contributed by atoms with van der Waals surface area (Å²) in [6.45, 7) is 26.6. The van der Waals surface area contributed by atoms with Gasteiger partial charge in [-0.25, -0.2) is 19.6 Å². The van der Waals surface area contributed by atoms with Gasteiger partial charge in [0.25, 0.3) is 11.8 Å². The largest absolute Gasteiger partial charge is 0.459 e. The van der Waals surface area contributed by atoms with E-state index in [1.165, 1.54) is 4.90 Å². The first-order chi connectivity index (χ1) is 26.2. The van der Waals surface area contributed by atoms with Crippen LogP contribution in [0.25, 0.3) is 0 Å². The summed E-state index contributed by atoms with van der Waals surface area (Å²) in [5.41, 5.74) is -0.684. The Labute approximate surface area is 335 Å². The third kappa shape index (κ3) is 18.1. The molecule has 2 heterocycles. The standard InChI is InChI=1S/C40H70N5O10P/c1-11-52-56(49,30-14-17-45-36(47)33-15-12-13-16-34(33)37(45)48)32-44-24-21-42(27-29-51-55-40(8,9)10)19-18-41(26-28-50-54-39(5,6)7)20-22-43(23-25-44)31-35(46)53-38(2,3)4/h12-13,15-16H,11,14,17-32H2,1-10H3. The van der Waals surface area contributed by atoms with Gasteiger partial charge in [0.1, 0.15) is 5.60 Å². The molecule has 2 amide bonds. The lowest BCUT2D eigenvalue weighted by Gasteiger charge is -2.35. The summed E-state index contributed by atoms with van der Waals surface area (Å²) in [7, 11) is -3.24. The van der Waals surface area contributed by atoms with Gasteiger partial charge in [-0.3, -0.25) is 43.4 Å². The molecule has 15 nitrogen and oxygen atoms in total. The van der Waals surface area contributed by atoms with Gasteiger partial charge in [-0.05, 0) is 87.8 Å². The number of carbonyl (C=O) groups excluding carboxylic acids is 3. The Bertz CT molecular complexity index is 1410. The van der Waals surface area contributed by atoms with Crippen molar-refractivity contribution in [1.82, 2.24) is 24.5 Å². The highest BCUT2D eigenvalue weighted by Gasteiger charge is 2.36. The highest BCUT2D eigenvalue weighted by Crippen LogP contribution is 2.48. The highest BCUT2D eigenvalue weighted by molar-refractivity contribution is 7.58. The van der Waals surface area contributed by atoms with E-state index in [0.717, 1.165) is 13.1 Å². The van der Waals surface area contributed by atoms with Crippen LogP contribution in [-0.4, -0.2) is 170 Å². The predicted octanol–water partition coefficient (Wildman–Crippen LogP) is 5.00. The molecule has 1 aromatic rings. The number of imide groups is 1. The number of amides is 2. The zero-order chi connectivity index (χ0) is 41.6. The number of esters is 1. The van der Waals surface area contributed by atoms with Crippen molar-refractivity contribution in [2.45, 2.75) is 92.5 Å². The molecule has 0 bridgehead atoms. The molecule has 0 aromatic heterocycles. The first-order valence-corrected chi connectivity index (χ1v) is 22.1. The molecule has 1 saturated heterocycles. The van der Waals surface area contributed by atoms with Gasteiger partial charge in [0.2, 0.25) is 7.37 Å². The molecule has 0 radical (unpaired) electrons.